The summed E-state index contributed by atoms with van der Waals surface area (Å²) in [5.74, 6) is 0.117. The van der Waals surface area contributed by atoms with Gasteiger partial charge in [0, 0.05) is 10.2 Å². The van der Waals surface area contributed by atoms with E-state index >= 15 is 0 Å². The van der Waals surface area contributed by atoms with Crippen LogP contribution in [0.25, 0.3) is 0 Å². The van der Waals surface area contributed by atoms with Gasteiger partial charge in [-0.15, -0.1) is 0 Å². The van der Waals surface area contributed by atoms with E-state index in [2.05, 4.69) is 35.1 Å². The number of nitrogens with two attached hydrogens (primary N) is 1. The number of nitrogens with one attached hydrogen (secondary N) is 1. The van der Waals surface area contributed by atoms with E-state index in [4.69, 9.17) is 5.73 Å². The van der Waals surface area contributed by atoms with Crippen molar-refractivity contribution >= 4 is 27.5 Å². The van der Waals surface area contributed by atoms with Crippen LogP contribution in [-0.2, 0) is 4.79 Å². The molecule has 0 bridgehead atoms. The first-order chi connectivity index (χ1) is 7.49. The van der Waals surface area contributed by atoms with Gasteiger partial charge >= 0.3 is 0 Å². The van der Waals surface area contributed by atoms with Gasteiger partial charge in [0.05, 0.1) is 0 Å². The van der Waals surface area contributed by atoms with Crippen molar-refractivity contribution in [1.82, 2.24) is 0 Å². The Morgan fingerprint density at radius 3 is 2.69 bits per heavy atom. The van der Waals surface area contributed by atoms with Crippen molar-refractivity contribution < 1.29 is 4.79 Å². The van der Waals surface area contributed by atoms with Crippen LogP contribution in [0.2, 0.25) is 0 Å². The van der Waals surface area contributed by atoms with Crippen LogP contribution < -0.4 is 11.1 Å². The molecule has 1 aromatic carbocycles. The van der Waals surface area contributed by atoms with Crippen molar-refractivity contribution in [2.24, 2.45) is 11.7 Å². The Kier molecular flexibility index (Phi) is 4.80. The maximum atomic E-state index is 11.3. The predicted molar refractivity (Wildman–Crippen MR) is 70.2 cm³/mol. The molecule has 3 N–H and O–H groups in total. The molecule has 0 fully saturated rings. The maximum absolute atomic E-state index is 11.3. The highest BCUT2D eigenvalue weighted by Crippen LogP contribution is 2.18. The van der Waals surface area contributed by atoms with Crippen LogP contribution in [-0.4, -0.2) is 11.9 Å². The normalized spacial score (nSPS) is 12.5. The Balaban J connectivity index is 2.71. The van der Waals surface area contributed by atoms with Gasteiger partial charge in [-0.25, -0.2) is 0 Å². The van der Waals surface area contributed by atoms with Gasteiger partial charge in [-0.1, -0.05) is 35.8 Å². The van der Waals surface area contributed by atoms with Gasteiger partial charge in [-0.05, 0) is 30.5 Å². The van der Waals surface area contributed by atoms with Gasteiger partial charge in [0.2, 0.25) is 5.91 Å². The van der Waals surface area contributed by atoms with Crippen molar-refractivity contribution in [3.8, 4) is 0 Å². The van der Waals surface area contributed by atoms with Crippen LogP contribution >= 0.6 is 15.9 Å². The number of anilines is 1. The molecule has 0 saturated heterocycles. The number of benzene rings is 1. The monoisotopic (exact) mass is 284 g/mol. The minimum absolute atomic E-state index is 0.311. The zero-order valence-corrected chi connectivity index (χ0v) is 11.1. The third-order valence-corrected chi connectivity index (χ3v) is 2.71. The van der Waals surface area contributed by atoms with Crippen molar-refractivity contribution in [3.05, 3.63) is 28.7 Å². The summed E-state index contributed by atoms with van der Waals surface area (Å²) in [6.45, 7) is 4.14. The molecule has 1 amide bonds. The first-order valence-electron chi connectivity index (χ1n) is 5.30. The maximum Gasteiger partial charge on any atom is 0.239 e. The zero-order valence-electron chi connectivity index (χ0n) is 9.53. The predicted octanol–water partition coefficient (Wildman–Crippen LogP) is 2.76. The Labute approximate surface area is 105 Å². The standard InChI is InChI=1S/C12H17BrN2O/c1-8(2)6-11(12(14)16)15-10-5-3-4-9(13)7-10/h3-5,7-8,11,15H,6H2,1-2H3,(H2,14,16). The molecule has 0 aliphatic rings. The molecule has 0 saturated carbocycles. The smallest absolute Gasteiger partial charge is 0.239 e. The molecule has 16 heavy (non-hydrogen) atoms. The van der Waals surface area contributed by atoms with Gasteiger partial charge in [0.15, 0.2) is 0 Å². The van der Waals surface area contributed by atoms with E-state index in [0.717, 1.165) is 16.6 Å². The SMILES string of the molecule is CC(C)CC(Nc1cccc(Br)c1)C(N)=O. The molecular formula is C12H17BrN2O. The van der Waals surface area contributed by atoms with Gasteiger partial charge in [-0.2, -0.15) is 0 Å². The minimum atomic E-state index is -0.311. The summed E-state index contributed by atoms with van der Waals surface area (Å²) in [4.78, 5) is 11.3. The third-order valence-electron chi connectivity index (χ3n) is 2.22. The van der Waals surface area contributed by atoms with Crippen molar-refractivity contribution in [2.45, 2.75) is 26.3 Å². The highest BCUT2D eigenvalue weighted by molar-refractivity contribution is 9.10. The van der Waals surface area contributed by atoms with E-state index in [9.17, 15) is 4.79 Å². The van der Waals surface area contributed by atoms with Gasteiger partial charge in [0.25, 0.3) is 0 Å². The first kappa shape index (κ1) is 13.0. The minimum Gasteiger partial charge on any atom is -0.374 e. The first-order valence-corrected chi connectivity index (χ1v) is 6.09. The van der Waals surface area contributed by atoms with Crippen LogP contribution in [0.4, 0.5) is 5.69 Å². The van der Waals surface area contributed by atoms with E-state index in [-0.39, 0.29) is 11.9 Å². The second kappa shape index (κ2) is 5.89. The lowest BCUT2D eigenvalue weighted by Crippen LogP contribution is -2.36. The highest BCUT2D eigenvalue weighted by atomic mass is 79.9. The molecule has 1 unspecified atom stereocenters. The second-order valence-corrected chi connectivity index (χ2v) is 5.15. The molecule has 3 nitrogen and oxygen atoms in total. The molecule has 1 aromatic rings. The molecule has 88 valence electrons. The molecule has 0 radical (unpaired) electrons. The Morgan fingerprint density at radius 1 is 1.50 bits per heavy atom. The lowest BCUT2D eigenvalue weighted by Gasteiger charge is -2.18. The fourth-order valence-corrected chi connectivity index (χ4v) is 1.90. The van der Waals surface area contributed by atoms with Gasteiger partial charge in [-0.3, -0.25) is 4.79 Å². The molecule has 0 heterocycles. The van der Waals surface area contributed by atoms with Crippen LogP contribution in [0.1, 0.15) is 20.3 Å². The fraction of sp³-hybridized carbons (Fsp3) is 0.417. The lowest BCUT2D eigenvalue weighted by atomic mass is 10.0. The summed E-state index contributed by atoms with van der Waals surface area (Å²) >= 11 is 3.38. The third kappa shape index (κ3) is 4.23. The number of primary amides is 1. The van der Waals surface area contributed by atoms with E-state index in [0.29, 0.717) is 5.92 Å². The number of halogens is 1. The number of carbonyl (C=O) groups excluding carboxylic acids is 1. The fourth-order valence-electron chi connectivity index (χ4n) is 1.50. The Morgan fingerprint density at radius 2 is 2.19 bits per heavy atom. The number of carbonyl (C=O) groups is 1. The molecular weight excluding hydrogens is 268 g/mol. The lowest BCUT2D eigenvalue weighted by molar-refractivity contribution is -0.119. The summed E-state index contributed by atoms with van der Waals surface area (Å²) < 4.78 is 0.977. The summed E-state index contributed by atoms with van der Waals surface area (Å²) in [6, 6.07) is 7.39. The van der Waals surface area contributed by atoms with Crippen LogP contribution in [0.3, 0.4) is 0 Å². The molecule has 1 atom stereocenters. The topological polar surface area (TPSA) is 55.1 Å². The summed E-state index contributed by atoms with van der Waals surface area (Å²) in [6.07, 6.45) is 0.738. The van der Waals surface area contributed by atoms with Crippen molar-refractivity contribution in [1.29, 1.82) is 0 Å². The Bertz CT molecular complexity index is 366. The largest absolute Gasteiger partial charge is 0.374 e. The average Bonchev–Trinajstić information content (AvgIpc) is 2.15. The molecule has 0 spiro atoms. The zero-order chi connectivity index (χ0) is 12.1. The summed E-state index contributed by atoms with van der Waals surface area (Å²) in [5, 5.41) is 3.15. The van der Waals surface area contributed by atoms with Crippen LogP contribution in [0, 0.1) is 5.92 Å². The number of amides is 1. The van der Waals surface area contributed by atoms with Crippen molar-refractivity contribution in [3.63, 3.8) is 0 Å². The summed E-state index contributed by atoms with van der Waals surface area (Å²) in [5.41, 5.74) is 6.26. The van der Waals surface area contributed by atoms with Crippen LogP contribution in [0.15, 0.2) is 28.7 Å². The van der Waals surface area contributed by atoms with E-state index < -0.39 is 0 Å². The molecule has 1 rings (SSSR count). The van der Waals surface area contributed by atoms with E-state index in [1.54, 1.807) is 0 Å². The van der Waals surface area contributed by atoms with E-state index in [1.807, 2.05) is 24.3 Å². The van der Waals surface area contributed by atoms with Gasteiger partial charge < -0.3 is 11.1 Å². The van der Waals surface area contributed by atoms with E-state index in [1.165, 1.54) is 0 Å². The van der Waals surface area contributed by atoms with Crippen LogP contribution in [0.5, 0.6) is 0 Å². The molecule has 4 heteroatoms. The number of hydrogen-bond donors (Lipinski definition) is 2. The number of hydrogen-bond acceptors (Lipinski definition) is 2. The molecule has 0 aromatic heterocycles. The summed E-state index contributed by atoms with van der Waals surface area (Å²) in [7, 11) is 0. The number of rotatable bonds is 5. The second-order valence-electron chi connectivity index (χ2n) is 4.24. The molecule has 0 aliphatic heterocycles. The van der Waals surface area contributed by atoms with Crippen molar-refractivity contribution in [2.75, 3.05) is 5.32 Å². The quantitative estimate of drug-likeness (QED) is 0.874. The van der Waals surface area contributed by atoms with Gasteiger partial charge in [0.1, 0.15) is 6.04 Å². The highest BCUT2D eigenvalue weighted by Gasteiger charge is 2.16. The molecule has 0 aliphatic carbocycles. The average molecular weight is 285 g/mol. The Hall–Kier alpha value is -1.03.